The minimum atomic E-state index is -0.493. The fourth-order valence-electron chi connectivity index (χ4n) is 3.25. The standard InChI is InChI=1S/C19H23BrN8O2/c1-19(2,3)30-18(29)27-8-6-26(7-9-27)13-5-4-12(10-22-13)28-17-14(15(20)25-28)16(21)23-11-24-17/h4-5,10-11H,6-9H2,1-3H3,(H2,21,23,24). The van der Waals surface area contributed by atoms with Gasteiger partial charge < -0.3 is 20.3 Å². The van der Waals surface area contributed by atoms with Crippen molar-refractivity contribution in [3.8, 4) is 5.69 Å². The number of nitrogens with two attached hydrogens (primary N) is 1. The summed E-state index contributed by atoms with van der Waals surface area (Å²) in [5.74, 6) is 1.21. The Kier molecular flexibility index (Phi) is 5.22. The lowest BCUT2D eigenvalue weighted by molar-refractivity contribution is 0.0240. The molecule has 1 saturated heterocycles. The van der Waals surface area contributed by atoms with Gasteiger partial charge in [0, 0.05) is 26.2 Å². The average Bonchev–Trinajstić information content (AvgIpc) is 3.05. The van der Waals surface area contributed by atoms with Crippen LogP contribution < -0.4 is 10.6 Å². The lowest BCUT2D eigenvalue weighted by atomic mass is 10.2. The third-order valence-corrected chi connectivity index (χ3v) is 5.24. The summed E-state index contributed by atoms with van der Waals surface area (Å²) in [6, 6.07) is 3.87. The number of nitrogens with zero attached hydrogens (tertiary/aromatic N) is 7. The Morgan fingerprint density at radius 2 is 1.87 bits per heavy atom. The zero-order valence-electron chi connectivity index (χ0n) is 17.0. The highest BCUT2D eigenvalue weighted by Gasteiger charge is 2.26. The maximum absolute atomic E-state index is 12.2. The van der Waals surface area contributed by atoms with Crippen LogP contribution in [-0.2, 0) is 4.74 Å². The van der Waals surface area contributed by atoms with Crippen molar-refractivity contribution >= 4 is 44.7 Å². The number of halogens is 1. The van der Waals surface area contributed by atoms with E-state index in [1.807, 2.05) is 32.9 Å². The summed E-state index contributed by atoms with van der Waals surface area (Å²) in [6.07, 6.45) is 2.88. The molecule has 0 aromatic carbocycles. The van der Waals surface area contributed by atoms with Gasteiger partial charge in [-0.05, 0) is 48.8 Å². The van der Waals surface area contributed by atoms with Crippen LogP contribution in [0.3, 0.4) is 0 Å². The molecule has 1 aliphatic rings. The summed E-state index contributed by atoms with van der Waals surface area (Å²) >= 11 is 3.42. The number of hydrogen-bond donors (Lipinski definition) is 1. The molecule has 158 valence electrons. The second-order valence-corrected chi connectivity index (χ2v) is 8.74. The van der Waals surface area contributed by atoms with Crippen LogP contribution in [0.2, 0.25) is 0 Å². The smallest absolute Gasteiger partial charge is 0.410 e. The zero-order chi connectivity index (χ0) is 21.5. The molecule has 1 fully saturated rings. The lowest BCUT2D eigenvalue weighted by Gasteiger charge is -2.36. The van der Waals surface area contributed by atoms with Crippen LogP contribution in [0, 0.1) is 0 Å². The van der Waals surface area contributed by atoms with Gasteiger partial charge in [0.1, 0.15) is 28.2 Å². The van der Waals surface area contributed by atoms with Gasteiger partial charge in [0.15, 0.2) is 5.65 Å². The predicted octanol–water partition coefficient (Wildman–Crippen LogP) is 2.61. The number of nitrogen functional groups attached to an aromatic ring is 1. The van der Waals surface area contributed by atoms with Crippen LogP contribution in [-0.4, -0.2) is 67.5 Å². The molecule has 4 heterocycles. The Bertz CT molecular complexity index is 1070. The molecule has 3 aromatic rings. The summed E-state index contributed by atoms with van der Waals surface area (Å²) in [5.41, 5.74) is 6.82. The largest absolute Gasteiger partial charge is 0.444 e. The molecule has 10 nitrogen and oxygen atoms in total. The molecule has 1 amide bonds. The number of pyridine rings is 1. The number of rotatable bonds is 2. The number of piperazine rings is 1. The molecule has 0 saturated carbocycles. The van der Waals surface area contributed by atoms with Crippen molar-refractivity contribution in [3.63, 3.8) is 0 Å². The fraction of sp³-hybridized carbons (Fsp3) is 0.421. The third kappa shape index (κ3) is 4.02. The highest BCUT2D eigenvalue weighted by atomic mass is 79.9. The number of amides is 1. The number of fused-ring (bicyclic) bond motifs is 1. The first-order valence-electron chi connectivity index (χ1n) is 9.57. The maximum atomic E-state index is 12.2. The van der Waals surface area contributed by atoms with E-state index in [2.05, 4.69) is 40.9 Å². The molecule has 4 rings (SSSR count). The fourth-order valence-corrected chi connectivity index (χ4v) is 3.79. The Labute approximate surface area is 182 Å². The van der Waals surface area contributed by atoms with Gasteiger partial charge in [-0.1, -0.05) is 0 Å². The number of carbonyl (C=O) groups is 1. The molecule has 0 atom stereocenters. The molecule has 11 heteroatoms. The van der Waals surface area contributed by atoms with Crippen LogP contribution in [0.1, 0.15) is 20.8 Å². The van der Waals surface area contributed by atoms with Gasteiger partial charge in [0.2, 0.25) is 0 Å². The highest BCUT2D eigenvalue weighted by molar-refractivity contribution is 9.10. The van der Waals surface area contributed by atoms with Gasteiger partial charge in [0.25, 0.3) is 0 Å². The van der Waals surface area contributed by atoms with Crippen LogP contribution >= 0.6 is 15.9 Å². The van der Waals surface area contributed by atoms with E-state index >= 15 is 0 Å². The second kappa shape index (κ2) is 7.71. The first kappa shape index (κ1) is 20.3. The molecular weight excluding hydrogens is 452 g/mol. The summed E-state index contributed by atoms with van der Waals surface area (Å²) in [6.45, 7) is 8.16. The number of ether oxygens (including phenoxy) is 1. The van der Waals surface area contributed by atoms with Crippen LogP contribution in [0.4, 0.5) is 16.4 Å². The number of anilines is 2. The summed E-state index contributed by atoms with van der Waals surface area (Å²) in [7, 11) is 0. The summed E-state index contributed by atoms with van der Waals surface area (Å²) in [5, 5.41) is 5.13. The van der Waals surface area contributed by atoms with Gasteiger partial charge >= 0.3 is 6.09 Å². The molecule has 0 unspecified atom stereocenters. The predicted molar refractivity (Wildman–Crippen MR) is 117 cm³/mol. The van der Waals surface area contributed by atoms with Gasteiger partial charge in [-0.25, -0.2) is 24.4 Å². The second-order valence-electron chi connectivity index (χ2n) is 7.99. The topological polar surface area (TPSA) is 115 Å². The summed E-state index contributed by atoms with van der Waals surface area (Å²) < 4.78 is 7.71. The van der Waals surface area contributed by atoms with Crippen molar-refractivity contribution in [3.05, 3.63) is 29.3 Å². The molecule has 2 N–H and O–H groups in total. The number of aromatic nitrogens is 5. The minimum Gasteiger partial charge on any atom is -0.444 e. The van der Waals surface area contributed by atoms with Gasteiger partial charge in [-0.3, -0.25) is 0 Å². The first-order chi connectivity index (χ1) is 14.2. The quantitative estimate of drug-likeness (QED) is 0.602. The van der Waals surface area contributed by atoms with Gasteiger partial charge in [0.05, 0.1) is 17.3 Å². The van der Waals surface area contributed by atoms with E-state index in [4.69, 9.17) is 10.5 Å². The first-order valence-corrected chi connectivity index (χ1v) is 10.4. The minimum absolute atomic E-state index is 0.275. The van der Waals surface area contributed by atoms with E-state index in [0.717, 1.165) is 11.5 Å². The van der Waals surface area contributed by atoms with Crippen molar-refractivity contribution < 1.29 is 9.53 Å². The molecular formula is C19H23BrN8O2. The molecule has 0 radical (unpaired) electrons. The van der Waals surface area contributed by atoms with E-state index in [0.29, 0.717) is 47.6 Å². The third-order valence-electron chi connectivity index (χ3n) is 4.68. The highest BCUT2D eigenvalue weighted by Crippen LogP contribution is 2.28. The molecule has 3 aromatic heterocycles. The van der Waals surface area contributed by atoms with E-state index in [-0.39, 0.29) is 6.09 Å². The van der Waals surface area contributed by atoms with Crippen molar-refractivity contribution in [2.75, 3.05) is 36.8 Å². The van der Waals surface area contributed by atoms with Gasteiger partial charge in [-0.2, -0.15) is 5.10 Å². The van der Waals surface area contributed by atoms with E-state index < -0.39 is 5.60 Å². The molecule has 0 bridgehead atoms. The number of carbonyl (C=O) groups excluding carboxylic acids is 1. The van der Waals surface area contributed by atoms with E-state index in [1.165, 1.54) is 6.33 Å². The van der Waals surface area contributed by atoms with Crippen molar-refractivity contribution in [1.29, 1.82) is 0 Å². The van der Waals surface area contributed by atoms with Crippen LogP contribution in [0.5, 0.6) is 0 Å². The molecule has 0 aliphatic carbocycles. The van der Waals surface area contributed by atoms with E-state index in [1.54, 1.807) is 15.8 Å². The summed E-state index contributed by atoms with van der Waals surface area (Å²) in [4.78, 5) is 29.0. The van der Waals surface area contributed by atoms with Crippen molar-refractivity contribution in [2.45, 2.75) is 26.4 Å². The monoisotopic (exact) mass is 474 g/mol. The lowest BCUT2D eigenvalue weighted by Crippen LogP contribution is -2.50. The Morgan fingerprint density at radius 3 is 2.50 bits per heavy atom. The van der Waals surface area contributed by atoms with Gasteiger partial charge in [-0.15, -0.1) is 0 Å². The molecule has 1 aliphatic heterocycles. The Hall–Kier alpha value is -2.95. The molecule has 30 heavy (non-hydrogen) atoms. The van der Waals surface area contributed by atoms with Crippen molar-refractivity contribution in [1.82, 2.24) is 29.6 Å². The normalized spacial score (nSPS) is 14.9. The zero-order valence-corrected chi connectivity index (χ0v) is 18.6. The Balaban J connectivity index is 1.47. The van der Waals surface area contributed by atoms with E-state index in [9.17, 15) is 4.79 Å². The number of hydrogen-bond acceptors (Lipinski definition) is 8. The SMILES string of the molecule is CC(C)(C)OC(=O)N1CCN(c2ccc(-n3nc(Br)c4c(N)ncnc43)cn2)CC1. The average molecular weight is 475 g/mol. The molecule has 0 spiro atoms. The van der Waals surface area contributed by atoms with Crippen LogP contribution in [0.25, 0.3) is 16.7 Å². The Morgan fingerprint density at radius 1 is 1.13 bits per heavy atom. The maximum Gasteiger partial charge on any atom is 0.410 e. The van der Waals surface area contributed by atoms with Crippen molar-refractivity contribution in [2.24, 2.45) is 0 Å². The van der Waals surface area contributed by atoms with Crippen LogP contribution in [0.15, 0.2) is 29.3 Å².